The highest BCUT2D eigenvalue weighted by atomic mass is 16.4. The molecule has 0 aromatic rings. The number of hydrogen-bond acceptors (Lipinski definition) is 3. The highest BCUT2D eigenvalue weighted by molar-refractivity contribution is 5.91. The Hall–Kier alpha value is -1.59. The molecule has 0 bridgehead atoms. The first-order chi connectivity index (χ1) is 9.35. The lowest BCUT2D eigenvalue weighted by Crippen LogP contribution is -2.44. The first-order valence-corrected chi connectivity index (χ1v) is 7.16. The SMILES string of the molecule is CCC[C@@H](NC(=O)C1CC(=O)N(CC(C)C)C1)C(=O)O. The number of carbonyl (C=O) groups is 3. The van der Waals surface area contributed by atoms with Gasteiger partial charge in [-0.2, -0.15) is 0 Å². The highest BCUT2D eigenvalue weighted by Crippen LogP contribution is 2.19. The molecule has 20 heavy (non-hydrogen) atoms. The molecule has 0 aromatic heterocycles. The van der Waals surface area contributed by atoms with Gasteiger partial charge in [0.15, 0.2) is 0 Å². The van der Waals surface area contributed by atoms with Gasteiger partial charge in [-0.15, -0.1) is 0 Å². The number of carboxylic acids is 1. The van der Waals surface area contributed by atoms with Crippen LogP contribution in [0.1, 0.15) is 40.0 Å². The third-order valence-corrected chi connectivity index (χ3v) is 3.36. The summed E-state index contributed by atoms with van der Waals surface area (Å²) >= 11 is 0. The molecule has 1 fully saturated rings. The van der Waals surface area contributed by atoms with Gasteiger partial charge in [-0.1, -0.05) is 27.2 Å². The second-order valence-electron chi connectivity index (χ2n) is 5.78. The molecule has 1 saturated heterocycles. The maximum atomic E-state index is 12.1. The number of nitrogens with one attached hydrogen (secondary N) is 1. The van der Waals surface area contributed by atoms with Crippen LogP contribution in [0.4, 0.5) is 0 Å². The summed E-state index contributed by atoms with van der Waals surface area (Å²) in [5.74, 6) is -1.46. The molecule has 1 rings (SSSR count). The largest absolute Gasteiger partial charge is 0.480 e. The van der Waals surface area contributed by atoms with Crippen LogP contribution in [0.15, 0.2) is 0 Å². The second kappa shape index (κ2) is 7.26. The number of nitrogens with zero attached hydrogens (tertiary/aromatic N) is 1. The molecule has 1 aliphatic rings. The van der Waals surface area contributed by atoms with Crippen molar-refractivity contribution in [1.82, 2.24) is 10.2 Å². The minimum Gasteiger partial charge on any atom is -0.480 e. The zero-order valence-corrected chi connectivity index (χ0v) is 12.4. The quantitative estimate of drug-likeness (QED) is 0.726. The standard InChI is InChI=1S/C14H24N2O4/c1-4-5-11(14(19)20)15-13(18)10-6-12(17)16(8-10)7-9(2)3/h9-11H,4-8H2,1-3H3,(H,15,18)(H,19,20)/t10?,11-/m1/s1. The maximum absolute atomic E-state index is 12.1. The van der Waals surface area contributed by atoms with Crippen LogP contribution in [-0.4, -0.2) is 46.9 Å². The number of likely N-dealkylation sites (tertiary alicyclic amines) is 1. The van der Waals surface area contributed by atoms with E-state index in [0.717, 1.165) is 0 Å². The molecule has 2 N–H and O–H groups in total. The van der Waals surface area contributed by atoms with Crippen LogP contribution in [0.2, 0.25) is 0 Å². The lowest BCUT2D eigenvalue weighted by Gasteiger charge is -2.19. The van der Waals surface area contributed by atoms with E-state index in [4.69, 9.17) is 5.11 Å². The van der Waals surface area contributed by atoms with Gasteiger partial charge in [0.2, 0.25) is 11.8 Å². The molecule has 1 heterocycles. The Morgan fingerprint density at radius 2 is 2.10 bits per heavy atom. The monoisotopic (exact) mass is 284 g/mol. The van der Waals surface area contributed by atoms with Gasteiger partial charge in [0.1, 0.15) is 6.04 Å². The molecule has 0 radical (unpaired) electrons. The van der Waals surface area contributed by atoms with E-state index in [-0.39, 0.29) is 18.2 Å². The lowest BCUT2D eigenvalue weighted by molar-refractivity contribution is -0.142. The van der Waals surface area contributed by atoms with Crippen molar-refractivity contribution >= 4 is 17.8 Å². The first-order valence-electron chi connectivity index (χ1n) is 7.16. The van der Waals surface area contributed by atoms with Crippen LogP contribution in [0.25, 0.3) is 0 Å². The zero-order chi connectivity index (χ0) is 15.3. The van der Waals surface area contributed by atoms with E-state index < -0.39 is 17.9 Å². The van der Waals surface area contributed by atoms with E-state index in [2.05, 4.69) is 5.32 Å². The maximum Gasteiger partial charge on any atom is 0.326 e. The van der Waals surface area contributed by atoms with Gasteiger partial charge in [0.05, 0.1) is 5.92 Å². The van der Waals surface area contributed by atoms with Crippen molar-refractivity contribution < 1.29 is 19.5 Å². The van der Waals surface area contributed by atoms with E-state index in [1.54, 1.807) is 4.90 Å². The molecular weight excluding hydrogens is 260 g/mol. The molecule has 0 aromatic carbocycles. The molecule has 1 unspecified atom stereocenters. The van der Waals surface area contributed by atoms with Crippen LogP contribution < -0.4 is 5.32 Å². The van der Waals surface area contributed by atoms with Crippen LogP contribution in [0.3, 0.4) is 0 Å². The van der Waals surface area contributed by atoms with Crippen LogP contribution in [0.5, 0.6) is 0 Å². The van der Waals surface area contributed by atoms with E-state index in [9.17, 15) is 14.4 Å². The number of amides is 2. The molecule has 0 saturated carbocycles. The normalized spacial score (nSPS) is 20.3. The Morgan fingerprint density at radius 3 is 2.60 bits per heavy atom. The topological polar surface area (TPSA) is 86.7 Å². The van der Waals surface area contributed by atoms with E-state index in [1.165, 1.54) is 0 Å². The number of rotatable bonds is 7. The summed E-state index contributed by atoms with van der Waals surface area (Å²) in [6.45, 7) is 6.93. The number of carbonyl (C=O) groups excluding carboxylic acids is 2. The molecule has 1 aliphatic heterocycles. The molecule has 6 nitrogen and oxygen atoms in total. The minimum absolute atomic E-state index is 0.0267. The van der Waals surface area contributed by atoms with Gasteiger partial charge < -0.3 is 15.3 Å². The Morgan fingerprint density at radius 1 is 1.45 bits per heavy atom. The third kappa shape index (κ3) is 4.51. The second-order valence-corrected chi connectivity index (χ2v) is 5.78. The zero-order valence-electron chi connectivity index (χ0n) is 12.4. The highest BCUT2D eigenvalue weighted by Gasteiger charge is 2.35. The summed E-state index contributed by atoms with van der Waals surface area (Å²) in [7, 11) is 0. The van der Waals surface area contributed by atoms with Crippen LogP contribution in [-0.2, 0) is 14.4 Å². The fourth-order valence-electron chi connectivity index (χ4n) is 2.40. The molecular formula is C14H24N2O4. The van der Waals surface area contributed by atoms with E-state index in [0.29, 0.717) is 31.8 Å². The molecule has 0 aliphatic carbocycles. The Balaban J connectivity index is 2.56. The first kappa shape index (κ1) is 16.5. The fourth-order valence-corrected chi connectivity index (χ4v) is 2.40. The Labute approximate surface area is 119 Å². The number of carboxylic acid groups (broad SMARTS) is 1. The van der Waals surface area contributed by atoms with E-state index >= 15 is 0 Å². The summed E-state index contributed by atoms with van der Waals surface area (Å²) in [6, 6.07) is -0.859. The van der Waals surface area contributed by atoms with Gasteiger partial charge in [-0.05, 0) is 12.3 Å². The van der Waals surface area contributed by atoms with Crippen molar-refractivity contribution in [3.63, 3.8) is 0 Å². The summed E-state index contributed by atoms with van der Waals surface area (Å²) < 4.78 is 0. The Kier molecular flexibility index (Phi) is 5.98. The van der Waals surface area contributed by atoms with Gasteiger partial charge in [0.25, 0.3) is 0 Å². The van der Waals surface area contributed by atoms with Crippen molar-refractivity contribution in [2.24, 2.45) is 11.8 Å². The minimum atomic E-state index is -1.02. The molecule has 6 heteroatoms. The van der Waals surface area contributed by atoms with Gasteiger partial charge in [-0.25, -0.2) is 4.79 Å². The summed E-state index contributed by atoms with van der Waals surface area (Å²) in [5, 5.41) is 11.6. The summed E-state index contributed by atoms with van der Waals surface area (Å²) in [5.41, 5.74) is 0. The average molecular weight is 284 g/mol. The average Bonchev–Trinajstić information content (AvgIpc) is 2.69. The van der Waals surface area contributed by atoms with Crippen LogP contribution >= 0.6 is 0 Å². The molecule has 0 spiro atoms. The predicted octanol–water partition coefficient (Wildman–Crippen LogP) is 0.860. The predicted molar refractivity (Wildman–Crippen MR) is 74.0 cm³/mol. The number of aliphatic carboxylic acids is 1. The summed E-state index contributed by atoms with van der Waals surface area (Å²) in [6.07, 6.45) is 1.26. The lowest BCUT2D eigenvalue weighted by atomic mass is 10.1. The Bertz CT molecular complexity index is 381. The van der Waals surface area contributed by atoms with Crippen molar-refractivity contribution in [2.75, 3.05) is 13.1 Å². The van der Waals surface area contributed by atoms with Gasteiger partial charge in [-0.3, -0.25) is 9.59 Å². The van der Waals surface area contributed by atoms with Gasteiger partial charge >= 0.3 is 5.97 Å². The van der Waals surface area contributed by atoms with E-state index in [1.807, 2.05) is 20.8 Å². The smallest absolute Gasteiger partial charge is 0.326 e. The van der Waals surface area contributed by atoms with Crippen LogP contribution in [0, 0.1) is 11.8 Å². The van der Waals surface area contributed by atoms with Crippen molar-refractivity contribution in [1.29, 1.82) is 0 Å². The molecule has 2 amide bonds. The summed E-state index contributed by atoms with van der Waals surface area (Å²) in [4.78, 5) is 36.6. The molecule has 114 valence electrons. The van der Waals surface area contributed by atoms with Crippen molar-refractivity contribution in [3.8, 4) is 0 Å². The van der Waals surface area contributed by atoms with Gasteiger partial charge in [0, 0.05) is 19.5 Å². The third-order valence-electron chi connectivity index (χ3n) is 3.36. The number of hydrogen-bond donors (Lipinski definition) is 2. The molecule has 2 atom stereocenters. The fraction of sp³-hybridized carbons (Fsp3) is 0.786. The van der Waals surface area contributed by atoms with Crippen molar-refractivity contribution in [2.45, 2.75) is 46.1 Å². The van der Waals surface area contributed by atoms with Crippen molar-refractivity contribution in [3.05, 3.63) is 0 Å².